The molecule has 1 fully saturated rings. The minimum absolute atomic E-state index is 0.0762. The number of carbonyl (C=O) groups is 2. The number of anilines is 1. The summed E-state index contributed by atoms with van der Waals surface area (Å²) in [4.78, 5) is 27.3. The molecule has 118 valence electrons. The minimum Gasteiger partial charge on any atom is -0.391 e. The van der Waals surface area contributed by atoms with Gasteiger partial charge in [0.1, 0.15) is 0 Å². The SMILES string of the molecule is C=CC(=O)N(C)c1ccc(C(=O)N2CCC[C@@H]2C(C)O)cc1. The molecule has 1 saturated heterocycles. The van der Waals surface area contributed by atoms with E-state index in [1.165, 1.54) is 11.0 Å². The molecule has 1 N–H and O–H groups in total. The molecule has 2 rings (SSSR count). The summed E-state index contributed by atoms with van der Waals surface area (Å²) in [5, 5.41) is 9.78. The molecule has 0 spiro atoms. The summed E-state index contributed by atoms with van der Waals surface area (Å²) < 4.78 is 0. The van der Waals surface area contributed by atoms with Crippen LogP contribution in [-0.2, 0) is 4.79 Å². The predicted octanol–water partition coefficient (Wildman–Crippen LogP) is 1.82. The molecule has 22 heavy (non-hydrogen) atoms. The smallest absolute Gasteiger partial charge is 0.254 e. The number of hydrogen-bond donors (Lipinski definition) is 1. The highest BCUT2D eigenvalue weighted by Gasteiger charge is 2.32. The van der Waals surface area contributed by atoms with Crippen molar-refractivity contribution >= 4 is 17.5 Å². The molecule has 1 aromatic rings. The van der Waals surface area contributed by atoms with Crippen LogP contribution in [0, 0.1) is 0 Å². The first kappa shape index (κ1) is 16.2. The van der Waals surface area contributed by atoms with Crippen molar-refractivity contribution in [2.75, 3.05) is 18.5 Å². The van der Waals surface area contributed by atoms with Crippen molar-refractivity contribution in [3.63, 3.8) is 0 Å². The Labute approximate surface area is 130 Å². The fourth-order valence-electron chi connectivity index (χ4n) is 2.80. The van der Waals surface area contributed by atoms with E-state index in [-0.39, 0.29) is 17.9 Å². The van der Waals surface area contributed by atoms with Gasteiger partial charge in [-0.3, -0.25) is 9.59 Å². The van der Waals surface area contributed by atoms with E-state index in [1.807, 2.05) is 0 Å². The van der Waals surface area contributed by atoms with E-state index >= 15 is 0 Å². The molecule has 0 saturated carbocycles. The average molecular weight is 302 g/mol. The van der Waals surface area contributed by atoms with Crippen molar-refractivity contribution in [1.29, 1.82) is 0 Å². The Morgan fingerprint density at radius 1 is 1.41 bits per heavy atom. The number of aliphatic hydroxyl groups is 1. The molecule has 2 atom stereocenters. The van der Waals surface area contributed by atoms with Crippen LogP contribution in [0.2, 0.25) is 0 Å². The standard InChI is InChI=1S/C17H22N2O3/c1-4-16(21)18(3)14-9-7-13(8-10-14)17(22)19-11-5-6-15(19)12(2)20/h4,7-10,12,15,20H,1,5-6,11H2,2-3H3/t12?,15-/m1/s1. The lowest BCUT2D eigenvalue weighted by atomic mass is 10.1. The Hall–Kier alpha value is -2.14. The summed E-state index contributed by atoms with van der Waals surface area (Å²) in [6.45, 7) is 5.84. The molecule has 1 aromatic carbocycles. The van der Waals surface area contributed by atoms with Gasteiger partial charge in [0.15, 0.2) is 0 Å². The van der Waals surface area contributed by atoms with Crippen molar-refractivity contribution in [2.45, 2.75) is 31.9 Å². The Balaban J connectivity index is 2.15. The van der Waals surface area contributed by atoms with Crippen LogP contribution in [0.4, 0.5) is 5.69 Å². The number of amides is 2. The average Bonchev–Trinajstić information content (AvgIpc) is 3.02. The van der Waals surface area contributed by atoms with Crippen LogP contribution in [-0.4, -0.2) is 47.6 Å². The van der Waals surface area contributed by atoms with E-state index in [1.54, 1.807) is 43.1 Å². The third-order valence-electron chi connectivity index (χ3n) is 4.12. The summed E-state index contributed by atoms with van der Waals surface area (Å²) in [7, 11) is 1.66. The van der Waals surface area contributed by atoms with Crippen LogP contribution >= 0.6 is 0 Å². The monoisotopic (exact) mass is 302 g/mol. The highest BCUT2D eigenvalue weighted by Crippen LogP contribution is 2.23. The van der Waals surface area contributed by atoms with Crippen LogP contribution in [0.5, 0.6) is 0 Å². The molecule has 1 aliphatic heterocycles. The molecule has 0 radical (unpaired) electrons. The van der Waals surface area contributed by atoms with Gasteiger partial charge in [0.25, 0.3) is 5.91 Å². The van der Waals surface area contributed by atoms with E-state index in [2.05, 4.69) is 6.58 Å². The maximum Gasteiger partial charge on any atom is 0.254 e. The summed E-state index contributed by atoms with van der Waals surface area (Å²) in [5.41, 5.74) is 1.27. The van der Waals surface area contributed by atoms with Crippen molar-refractivity contribution < 1.29 is 14.7 Å². The Kier molecular flexibility index (Phi) is 4.98. The topological polar surface area (TPSA) is 60.9 Å². The molecule has 1 heterocycles. The quantitative estimate of drug-likeness (QED) is 0.863. The van der Waals surface area contributed by atoms with Crippen LogP contribution in [0.25, 0.3) is 0 Å². The van der Waals surface area contributed by atoms with Crippen molar-refractivity contribution in [2.24, 2.45) is 0 Å². The van der Waals surface area contributed by atoms with Gasteiger partial charge in [-0.2, -0.15) is 0 Å². The third-order valence-corrected chi connectivity index (χ3v) is 4.12. The zero-order valence-corrected chi connectivity index (χ0v) is 13.0. The fourth-order valence-corrected chi connectivity index (χ4v) is 2.80. The summed E-state index contributed by atoms with van der Waals surface area (Å²) in [5.74, 6) is -0.277. The van der Waals surface area contributed by atoms with Crippen molar-refractivity contribution in [3.05, 3.63) is 42.5 Å². The van der Waals surface area contributed by atoms with Gasteiger partial charge in [-0.15, -0.1) is 0 Å². The van der Waals surface area contributed by atoms with Gasteiger partial charge in [-0.05, 0) is 50.1 Å². The fraction of sp³-hybridized carbons (Fsp3) is 0.412. The summed E-state index contributed by atoms with van der Waals surface area (Å²) >= 11 is 0. The van der Waals surface area contributed by atoms with Gasteiger partial charge in [0.2, 0.25) is 5.91 Å². The lowest BCUT2D eigenvalue weighted by molar-refractivity contribution is -0.113. The molecule has 1 aliphatic rings. The Bertz CT molecular complexity index is 566. The number of likely N-dealkylation sites (tertiary alicyclic amines) is 1. The normalized spacial score (nSPS) is 18.9. The molecular weight excluding hydrogens is 280 g/mol. The second-order valence-electron chi connectivity index (χ2n) is 5.60. The number of benzene rings is 1. The molecular formula is C17H22N2O3. The van der Waals surface area contributed by atoms with E-state index in [0.29, 0.717) is 17.8 Å². The van der Waals surface area contributed by atoms with Gasteiger partial charge >= 0.3 is 0 Å². The number of aliphatic hydroxyl groups excluding tert-OH is 1. The Morgan fingerprint density at radius 3 is 2.59 bits per heavy atom. The van der Waals surface area contributed by atoms with Gasteiger partial charge in [0.05, 0.1) is 12.1 Å². The first-order valence-corrected chi connectivity index (χ1v) is 7.45. The molecule has 0 aliphatic carbocycles. The highest BCUT2D eigenvalue weighted by atomic mass is 16.3. The molecule has 0 bridgehead atoms. The highest BCUT2D eigenvalue weighted by molar-refractivity contribution is 6.01. The maximum atomic E-state index is 12.6. The molecule has 5 nitrogen and oxygen atoms in total. The van der Waals surface area contributed by atoms with E-state index < -0.39 is 6.10 Å². The zero-order chi connectivity index (χ0) is 16.3. The van der Waals surface area contributed by atoms with E-state index in [0.717, 1.165) is 12.8 Å². The van der Waals surface area contributed by atoms with E-state index in [9.17, 15) is 14.7 Å². The van der Waals surface area contributed by atoms with E-state index in [4.69, 9.17) is 0 Å². The molecule has 0 aromatic heterocycles. The lowest BCUT2D eigenvalue weighted by Crippen LogP contribution is -2.41. The largest absolute Gasteiger partial charge is 0.391 e. The molecule has 1 unspecified atom stereocenters. The minimum atomic E-state index is -0.526. The van der Waals surface area contributed by atoms with Crippen LogP contribution in [0.15, 0.2) is 36.9 Å². The van der Waals surface area contributed by atoms with Crippen LogP contribution < -0.4 is 4.90 Å². The van der Waals surface area contributed by atoms with Gasteiger partial charge in [0, 0.05) is 24.8 Å². The number of likely N-dealkylation sites (N-methyl/N-ethyl adjacent to an activating group) is 1. The van der Waals surface area contributed by atoms with Crippen molar-refractivity contribution in [3.8, 4) is 0 Å². The molecule has 2 amide bonds. The van der Waals surface area contributed by atoms with Crippen molar-refractivity contribution in [1.82, 2.24) is 4.90 Å². The van der Waals surface area contributed by atoms with Crippen LogP contribution in [0.1, 0.15) is 30.1 Å². The first-order chi connectivity index (χ1) is 10.5. The first-order valence-electron chi connectivity index (χ1n) is 7.45. The van der Waals surface area contributed by atoms with Gasteiger partial charge in [-0.25, -0.2) is 0 Å². The number of nitrogens with zero attached hydrogens (tertiary/aromatic N) is 2. The number of rotatable bonds is 4. The Morgan fingerprint density at radius 2 is 2.05 bits per heavy atom. The zero-order valence-electron chi connectivity index (χ0n) is 13.0. The van der Waals surface area contributed by atoms with Gasteiger partial charge < -0.3 is 14.9 Å². The maximum absolute atomic E-state index is 12.6. The predicted molar refractivity (Wildman–Crippen MR) is 85.8 cm³/mol. The number of carbonyl (C=O) groups excluding carboxylic acids is 2. The second kappa shape index (κ2) is 6.75. The summed E-state index contributed by atoms with van der Waals surface area (Å²) in [6.07, 6.45) is 2.46. The second-order valence-corrected chi connectivity index (χ2v) is 5.60. The summed E-state index contributed by atoms with van der Waals surface area (Å²) in [6, 6.07) is 6.78. The lowest BCUT2D eigenvalue weighted by Gasteiger charge is -2.27. The van der Waals surface area contributed by atoms with Gasteiger partial charge in [-0.1, -0.05) is 6.58 Å². The third kappa shape index (κ3) is 3.20. The molecule has 5 heteroatoms. The van der Waals surface area contributed by atoms with Crippen LogP contribution in [0.3, 0.4) is 0 Å². The number of hydrogen-bond acceptors (Lipinski definition) is 3.